The molecule has 1 saturated heterocycles. The van der Waals surface area contributed by atoms with E-state index < -0.39 is 17.7 Å². The molecule has 0 radical (unpaired) electrons. The van der Waals surface area contributed by atoms with Crippen LogP contribution >= 0.6 is 0 Å². The molecule has 0 unspecified atom stereocenters. The first kappa shape index (κ1) is 18.7. The number of aliphatic hydroxyl groups excluding tert-OH is 2. The smallest absolute Gasteiger partial charge is 0.295 e. The lowest BCUT2D eigenvalue weighted by atomic mass is 9.95. The third kappa shape index (κ3) is 3.57. The van der Waals surface area contributed by atoms with Crippen molar-refractivity contribution in [1.82, 2.24) is 4.90 Å². The number of hydrogen-bond acceptors (Lipinski definition) is 5. The highest BCUT2D eigenvalue weighted by Gasteiger charge is 2.45. The highest BCUT2D eigenvalue weighted by Crippen LogP contribution is 2.39. The van der Waals surface area contributed by atoms with E-state index in [0.29, 0.717) is 23.3 Å². The maximum Gasteiger partial charge on any atom is 0.295 e. The number of aliphatic hydroxyl groups is 2. The zero-order valence-electron chi connectivity index (χ0n) is 15.0. The topological polar surface area (TPSA) is 87.1 Å². The first-order valence-corrected chi connectivity index (χ1v) is 8.67. The molecular weight excluding hydrogens is 346 g/mol. The number of ketones is 1. The molecule has 2 aromatic rings. The summed E-state index contributed by atoms with van der Waals surface area (Å²) in [5.41, 5.74) is 1.20. The van der Waals surface area contributed by atoms with Crippen molar-refractivity contribution in [3.05, 3.63) is 71.3 Å². The van der Waals surface area contributed by atoms with Crippen molar-refractivity contribution < 1.29 is 24.5 Å². The molecule has 0 bridgehead atoms. The molecule has 6 heteroatoms. The average molecular weight is 367 g/mol. The number of amides is 1. The van der Waals surface area contributed by atoms with Gasteiger partial charge in [-0.3, -0.25) is 9.59 Å². The van der Waals surface area contributed by atoms with Crippen LogP contribution in [0, 0.1) is 0 Å². The van der Waals surface area contributed by atoms with Crippen LogP contribution in [0.1, 0.15) is 23.6 Å². The zero-order chi connectivity index (χ0) is 19.4. The summed E-state index contributed by atoms with van der Waals surface area (Å²) in [5.74, 6) is -0.966. The van der Waals surface area contributed by atoms with Gasteiger partial charge in [0.05, 0.1) is 18.7 Å². The Hall–Kier alpha value is -3.12. The second-order valence-electron chi connectivity index (χ2n) is 6.21. The van der Waals surface area contributed by atoms with E-state index in [1.807, 2.05) is 0 Å². The van der Waals surface area contributed by atoms with E-state index in [4.69, 9.17) is 9.84 Å². The molecule has 1 aliphatic heterocycles. The number of likely N-dealkylation sites (tertiary alicyclic amines) is 1. The predicted octanol–water partition coefficient (Wildman–Crippen LogP) is 2.50. The average Bonchev–Trinajstić information content (AvgIpc) is 2.97. The quantitative estimate of drug-likeness (QED) is 0.465. The molecule has 2 aromatic carbocycles. The third-order valence-electron chi connectivity index (χ3n) is 4.58. The van der Waals surface area contributed by atoms with E-state index in [0.717, 1.165) is 0 Å². The van der Waals surface area contributed by atoms with E-state index in [9.17, 15) is 14.7 Å². The summed E-state index contributed by atoms with van der Waals surface area (Å²) < 4.78 is 5.17. The molecule has 1 heterocycles. The molecule has 3 rings (SSSR count). The molecule has 0 aliphatic carbocycles. The van der Waals surface area contributed by atoms with Gasteiger partial charge in [0.2, 0.25) is 0 Å². The van der Waals surface area contributed by atoms with Gasteiger partial charge in [0.1, 0.15) is 11.5 Å². The minimum atomic E-state index is -0.727. The van der Waals surface area contributed by atoms with Gasteiger partial charge in [-0.1, -0.05) is 42.5 Å². The number of Topliss-reactive ketones (excluding diaryl/α,β-unsaturated/α-hetero) is 1. The standard InChI is InChI=1S/C21H21NO5/c1-27-16-10-8-14(9-11-16)18-17(19(24)15-6-3-2-4-7-15)20(25)21(26)22(18)12-5-13-23/h2-4,6-11,18,23-24H,5,12-13H2,1H3/b19-17+/t18-/m0/s1. The van der Waals surface area contributed by atoms with Crippen LogP contribution in [-0.4, -0.2) is 47.1 Å². The molecule has 1 amide bonds. The summed E-state index contributed by atoms with van der Waals surface area (Å²) >= 11 is 0. The fourth-order valence-electron chi connectivity index (χ4n) is 3.24. The Morgan fingerprint density at radius 1 is 1.07 bits per heavy atom. The number of carbonyl (C=O) groups excluding carboxylic acids is 2. The maximum atomic E-state index is 12.7. The van der Waals surface area contributed by atoms with Crippen LogP contribution in [-0.2, 0) is 9.59 Å². The van der Waals surface area contributed by atoms with Crippen LogP contribution in [0.3, 0.4) is 0 Å². The molecule has 1 aliphatic rings. The largest absolute Gasteiger partial charge is 0.507 e. The van der Waals surface area contributed by atoms with Crippen molar-refractivity contribution in [3.63, 3.8) is 0 Å². The van der Waals surface area contributed by atoms with Crippen molar-refractivity contribution in [2.24, 2.45) is 0 Å². The lowest BCUT2D eigenvalue weighted by Crippen LogP contribution is -2.31. The Morgan fingerprint density at radius 2 is 1.74 bits per heavy atom. The van der Waals surface area contributed by atoms with Crippen LogP contribution in [0.4, 0.5) is 0 Å². The van der Waals surface area contributed by atoms with Gasteiger partial charge in [-0.05, 0) is 24.1 Å². The number of nitrogens with zero attached hydrogens (tertiary/aromatic N) is 1. The van der Waals surface area contributed by atoms with Gasteiger partial charge < -0.3 is 19.8 Å². The maximum absolute atomic E-state index is 12.7. The summed E-state index contributed by atoms with van der Waals surface area (Å²) in [7, 11) is 1.55. The van der Waals surface area contributed by atoms with E-state index in [2.05, 4.69) is 0 Å². The van der Waals surface area contributed by atoms with Crippen LogP contribution in [0.2, 0.25) is 0 Å². The Kier molecular flexibility index (Phi) is 5.57. The minimum Gasteiger partial charge on any atom is -0.507 e. The number of hydrogen-bond donors (Lipinski definition) is 2. The van der Waals surface area contributed by atoms with E-state index >= 15 is 0 Å². The molecular formula is C21H21NO5. The SMILES string of the molecule is COc1ccc([C@H]2/C(=C(\O)c3ccccc3)C(=O)C(=O)N2CCCO)cc1. The van der Waals surface area contributed by atoms with E-state index in [1.54, 1.807) is 61.7 Å². The summed E-state index contributed by atoms with van der Waals surface area (Å²) in [6.07, 6.45) is 0.338. The van der Waals surface area contributed by atoms with Crippen molar-refractivity contribution >= 4 is 17.4 Å². The molecule has 0 aromatic heterocycles. The zero-order valence-corrected chi connectivity index (χ0v) is 15.0. The molecule has 6 nitrogen and oxygen atoms in total. The third-order valence-corrected chi connectivity index (χ3v) is 4.58. The molecule has 2 N–H and O–H groups in total. The van der Waals surface area contributed by atoms with E-state index in [1.165, 1.54) is 4.90 Å². The fraction of sp³-hybridized carbons (Fsp3) is 0.238. The molecule has 0 spiro atoms. The molecule has 0 saturated carbocycles. The number of benzene rings is 2. The first-order valence-electron chi connectivity index (χ1n) is 8.67. The number of carbonyl (C=O) groups is 2. The van der Waals surface area contributed by atoms with Crippen LogP contribution < -0.4 is 4.74 Å². The number of ether oxygens (including phenoxy) is 1. The number of methoxy groups -OCH3 is 1. The van der Waals surface area contributed by atoms with Gasteiger partial charge in [-0.25, -0.2) is 0 Å². The summed E-state index contributed by atoms with van der Waals surface area (Å²) in [4.78, 5) is 26.7. The fourth-order valence-corrected chi connectivity index (χ4v) is 3.24. The molecule has 1 fully saturated rings. The molecule has 27 heavy (non-hydrogen) atoms. The Labute approximate surface area is 157 Å². The van der Waals surface area contributed by atoms with Crippen LogP contribution in [0.25, 0.3) is 5.76 Å². The Balaban J connectivity index is 2.13. The van der Waals surface area contributed by atoms with Crippen molar-refractivity contribution in [3.8, 4) is 5.75 Å². The summed E-state index contributed by atoms with van der Waals surface area (Å²) in [5, 5.41) is 19.9. The second-order valence-corrected chi connectivity index (χ2v) is 6.21. The first-order chi connectivity index (χ1) is 13.1. The van der Waals surface area contributed by atoms with Gasteiger partial charge in [0.25, 0.3) is 11.7 Å². The van der Waals surface area contributed by atoms with Crippen LogP contribution in [0.15, 0.2) is 60.2 Å². The summed E-state index contributed by atoms with van der Waals surface area (Å²) in [6.45, 7) is 0.111. The molecule has 140 valence electrons. The van der Waals surface area contributed by atoms with Crippen molar-refractivity contribution in [2.75, 3.05) is 20.3 Å². The van der Waals surface area contributed by atoms with Gasteiger partial charge in [0, 0.05) is 18.7 Å². The molecule has 1 atom stereocenters. The van der Waals surface area contributed by atoms with Crippen LogP contribution in [0.5, 0.6) is 5.75 Å². The van der Waals surface area contributed by atoms with E-state index in [-0.39, 0.29) is 24.5 Å². The summed E-state index contributed by atoms with van der Waals surface area (Å²) in [6, 6.07) is 15.0. The highest BCUT2D eigenvalue weighted by atomic mass is 16.5. The Morgan fingerprint density at radius 3 is 2.33 bits per heavy atom. The minimum absolute atomic E-state index is 0.0503. The lowest BCUT2D eigenvalue weighted by molar-refractivity contribution is -0.140. The van der Waals surface area contributed by atoms with Crippen molar-refractivity contribution in [2.45, 2.75) is 12.5 Å². The lowest BCUT2D eigenvalue weighted by Gasteiger charge is -2.25. The predicted molar refractivity (Wildman–Crippen MR) is 100 cm³/mol. The van der Waals surface area contributed by atoms with Gasteiger partial charge >= 0.3 is 0 Å². The monoisotopic (exact) mass is 367 g/mol. The Bertz CT molecular complexity index is 858. The van der Waals surface area contributed by atoms with Gasteiger partial charge in [-0.15, -0.1) is 0 Å². The van der Waals surface area contributed by atoms with Gasteiger partial charge in [-0.2, -0.15) is 0 Å². The van der Waals surface area contributed by atoms with Crippen molar-refractivity contribution in [1.29, 1.82) is 0 Å². The normalized spacial score (nSPS) is 18.7. The number of rotatable bonds is 6. The highest BCUT2D eigenvalue weighted by molar-refractivity contribution is 6.46. The van der Waals surface area contributed by atoms with Gasteiger partial charge in [0.15, 0.2) is 0 Å². The second kappa shape index (κ2) is 8.05.